The van der Waals surface area contributed by atoms with Gasteiger partial charge in [0.15, 0.2) is 0 Å². The monoisotopic (exact) mass is 336 g/mol. The van der Waals surface area contributed by atoms with Gasteiger partial charge < -0.3 is 10.6 Å². The van der Waals surface area contributed by atoms with Crippen molar-refractivity contribution in [3.8, 4) is 0 Å². The van der Waals surface area contributed by atoms with E-state index in [2.05, 4.69) is 15.9 Å². The second-order valence-corrected chi connectivity index (χ2v) is 5.48. The van der Waals surface area contributed by atoms with Crippen molar-refractivity contribution in [2.45, 2.75) is 6.54 Å². The van der Waals surface area contributed by atoms with E-state index in [0.717, 1.165) is 5.56 Å². The van der Waals surface area contributed by atoms with E-state index >= 15 is 0 Å². The van der Waals surface area contributed by atoms with Crippen molar-refractivity contribution >= 4 is 27.5 Å². The molecule has 0 bridgehead atoms. The first-order valence-electron chi connectivity index (χ1n) is 6.01. The molecule has 3 nitrogen and oxygen atoms in total. The van der Waals surface area contributed by atoms with Crippen molar-refractivity contribution in [3.05, 3.63) is 63.9 Å². The van der Waals surface area contributed by atoms with E-state index < -0.39 is 5.82 Å². The minimum atomic E-state index is -0.444. The van der Waals surface area contributed by atoms with E-state index in [1.54, 1.807) is 19.2 Å². The maximum atomic E-state index is 13.3. The number of rotatable bonds is 3. The van der Waals surface area contributed by atoms with Crippen molar-refractivity contribution in [2.24, 2.45) is 0 Å². The van der Waals surface area contributed by atoms with Crippen molar-refractivity contribution in [2.75, 3.05) is 12.8 Å². The fourth-order valence-corrected chi connectivity index (χ4v) is 2.40. The SMILES string of the molecule is CN(Cc1cccc(N)c1)C(=O)c1cc(F)cc(Br)c1. The maximum Gasteiger partial charge on any atom is 0.254 e. The molecule has 0 spiro atoms. The summed E-state index contributed by atoms with van der Waals surface area (Å²) in [7, 11) is 1.67. The van der Waals surface area contributed by atoms with Gasteiger partial charge in [-0.3, -0.25) is 4.79 Å². The molecule has 0 saturated heterocycles. The summed E-state index contributed by atoms with van der Waals surface area (Å²) in [6.45, 7) is 0.415. The van der Waals surface area contributed by atoms with Gasteiger partial charge in [0.25, 0.3) is 5.91 Å². The van der Waals surface area contributed by atoms with Crippen LogP contribution in [0.3, 0.4) is 0 Å². The maximum absolute atomic E-state index is 13.3. The Labute approximate surface area is 125 Å². The molecule has 1 amide bonds. The molecule has 0 radical (unpaired) electrons. The highest BCUT2D eigenvalue weighted by molar-refractivity contribution is 9.10. The summed E-state index contributed by atoms with van der Waals surface area (Å²) >= 11 is 3.18. The van der Waals surface area contributed by atoms with E-state index in [-0.39, 0.29) is 5.91 Å². The Kier molecular flexibility index (Phi) is 4.39. The zero-order chi connectivity index (χ0) is 14.7. The van der Waals surface area contributed by atoms with Crippen LogP contribution in [0.5, 0.6) is 0 Å². The number of amides is 1. The summed E-state index contributed by atoms with van der Waals surface area (Å²) < 4.78 is 13.9. The lowest BCUT2D eigenvalue weighted by Crippen LogP contribution is -2.26. The van der Waals surface area contributed by atoms with Gasteiger partial charge in [0.05, 0.1) is 0 Å². The molecule has 0 aliphatic rings. The number of carbonyl (C=O) groups is 1. The summed E-state index contributed by atoms with van der Waals surface area (Å²) in [5, 5.41) is 0. The molecule has 104 valence electrons. The third-order valence-corrected chi connectivity index (χ3v) is 3.28. The van der Waals surface area contributed by atoms with Crippen LogP contribution in [-0.4, -0.2) is 17.9 Å². The van der Waals surface area contributed by atoms with Gasteiger partial charge in [-0.15, -0.1) is 0 Å². The predicted octanol–water partition coefficient (Wildman–Crippen LogP) is 3.44. The molecule has 20 heavy (non-hydrogen) atoms. The lowest BCUT2D eigenvalue weighted by Gasteiger charge is -2.17. The Morgan fingerprint density at radius 3 is 2.70 bits per heavy atom. The first-order valence-corrected chi connectivity index (χ1v) is 6.81. The fraction of sp³-hybridized carbons (Fsp3) is 0.133. The fourth-order valence-electron chi connectivity index (χ4n) is 1.93. The molecule has 0 unspecified atom stereocenters. The summed E-state index contributed by atoms with van der Waals surface area (Å²) in [6.07, 6.45) is 0. The van der Waals surface area contributed by atoms with E-state index in [4.69, 9.17) is 5.73 Å². The van der Waals surface area contributed by atoms with Crippen LogP contribution in [0.25, 0.3) is 0 Å². The third kappa shape index (κ3) is 3.57. The van der Waals surface area contributed by atoms with Gasteiger partial charge in [-0.2, -0.15) is 0 Å². The van der Waals surface area contributed by atoms with E-state index in [0.29, 0.717) is 22.3 Å². The van der Waals surface area contributed by atoms with E-state index in [1.807, 2.05) is 18.2 Å². The number of carbonyl (C=O) groups excluding carboxylic acids is 1. The molecule has 0 heterocycles. The Hall–Kier alpha value is -1.88. The first kappa shape index (κ1) is 14.5. The number of nitrogens with zero attached hydrogens (tertiary/aromatic N) is 1. The van der Waals surface area contributed by atoms with Crippen LogP contribution in [0.2, 0.25) is 0 Å². The average Bonchev–Trinajstić information content (AvgIpc) is 2.36. The van der Waals surface area contributed by atoms with Crippen LogP contribution in [0, 0.1) is 5.82 Å². The average molecular weight is 337 g/mol. The quantitative estimate of drug-likeness (QED) is 0.872. The molecule has 2 rings (SSSR count). The largest absolute Gasteiger partial charge is 0.399 e. The molecule has 2 aromatic rings. The molecule has 0 aliphatic heterocycles. The molecular weight excluding hydrogens is 323 g/mol. The Morgan fingerprint density at radius 2 is 2.05 bits per heavy atom. The number of hydrogen-bond acceptors (Lipinski definition) is 2. The molecule has 0 atom stereocenters. The highest BCUT2D eigenvalue weighted by Gasteiger charge is 2.13. The van der Waals surface area contributed by atoms with Crippen molar-refractivity contribution < 1.29 is 9.18 Å². The van der Waals surface area contributed by atoms with Gasteiger partial charge in [0.2, 0.25) is 0 Å². The number of halogens is 2. The molecule has 2 aromatic carbocycles. The van der Waals surface area contributed by atoms with Gasteiger partial charge in [-0.05, 0) is 35.9 Å². The molecule has 0 aromatic heterocycles. The first-order chi connectivity index (χ1) is 9.45. The van der Waals surface area contributed by atoms with Gasteiger partial charge in [-0.1, -0.05) is 28.1 Å². The van der Waals surface area contributed by atoms with Crippen LogP contribution in [0.15, 0.2) is 46.9 Å². The van der Waals surface area contributed by atoms with Crippen LogP contribution < -0.4 is 5.73 Å². The van der Waals surface area contributed by atoms with Gasteiger partial charge in [0.1, 0.15) is 5.82 Å². The summed E-state index contributed by atoms with van der Waals surface area (Å²) in [6, 6.07) is 11.5. The minimum absolute atomic E-state index is 0.243. The molecular formula is C15H14BrFN2O. The number of nitrogens with two attached hydrogens (primary N) is 1. The Balaban J connectivity index is 2.16. The number of nitrogen functional groups attached to an aromatic ring is 1. The van der Waals surface area contributed by atoms with Crippen LogP contribution in [0.1, 0.15) is 15.9 Å². The van der Waals surface area contributed by atoms with E-state index in [9.17, 15) is 9.18 Å². The van der Waals surface area contributed by atoms with Gasteiger partial charge in [0, 0.05) is 29.3 Å². The zero-order valence-corrected chi connectivity index (χ0v) is 12.5. The van der Waals surface area contributed by atoms with E-state index in [1.165, 1.54) is 17.0 Å². The van der Waals surface area contributed by atoms with Crippen LogP contribution in [-0.2, 0) is 6.54 Å². The molecule has 2 N–H and O–H groups in total. The lowest BCUT2D eigenvalue weighted by atomic mass is 10.1. The molecule has 0 saturated carbocycles. The summed E-state index contributed by atoms with van der Waals surface area (Å²) in [5.41, 5.74) is 7.59. The smallest absolute Gasteiger partial charge is 0.254 e. The van der Waals surface area contributed by atoms with Gasteiger partial charge >= 0.3 is 0 Å². The van der Waals surface area contributed by atoms with Crippen molar-refractivity contribution in [3.63, 3.8) is 0 Å². The van der Waals surface area contributed by atoms with Crippen molar-refractivity contribution in [1.82, 2.24) is 4.90 Å². The Bertz CT molecular complexity index is 625. The summed E-state index contributed by atoms with van der Waals surface area (Å²) in [5.74, 6) is -0.687. The molecule has 0 aliphatic carbocycles. The standard InChI is InChI=1S/C15H14BrFN2O/c1-19(9-10-3-2-4-14(18)5-10)15(20)11-6-12(16)8-13(17)7-11/h2-8H,9,18H2,1H3. The molecule has 5 heteroatoms. The number of benzene rings is 2. The third-order valence-electron chi connectivity index (χ3n) is 2.83. The predicted molar refractivity (Wildman–Crippen MR) is 80.8 cm³/mol. The molecule has 0 fully saturated rings. The zero-order valence-electron chi connectivity index (χ0n) is 10.9. The second kappa shape index (κ2) is 6.05. The van der Waals surface area contributed by atoms with Crippen LogP contribution in [0.4, 0.5) is 10.1 Å². The minimum Gasteiger partial charge on any atom is -0.399 e. The Morgan fingerprint density at radius 1 is 1.30 bits per heavy atom. The topological polar surface area (TPSA) is 46.3 Å². The van der Waals surface area contributed by atoms with Crippen molar-refractivity contribution in [1.29, 1.82) is 0 Å². The van der Waals surface area contributed by atoms with Crippen LogP contribution >= 0.6 is 15.9 Å². The lowest BCUT2D eigenvalue weighted by molar-refractivity contribution is 0.0784. The van der Waals surface area contributed by atoms with Gasteiger partial charge in [-0.25, -0.2) is 4.39 Å². The normalized spacial score (nSPS) is 10.3. The summed E-state index contributed by atoms with van der Waals surface area (Å²) in [4.78, 5) is 13.8. The highest BCUT2D eigenvalue weighted by atomic mass is 79.9. The highest BCUT2D eigenvalue weighted by Crippen LogP contribution is 2.17. The second-order valence-electron chi connectivity index (χ2n) is 4.56. The number of anilines is 1. The number of hydrogen-bond donors (Lipinski definition) is 1.